The molecule has 0 saturated heterocycles. The lowest BCUT2D eigenvalue weighted by Crippen LogP contribution is -2.22. The number of para-hydroxylation sites is 1. The summed E-state index contributed by atoms with van der Waals surface area (Å²) in [5, 5.41) is 9.91. The maximum absolute atomic E-state index is 11.9. The van der Waals surface area contributed by atoms with E-state index in [1.54, 1.807) is 4.57 Å². The predicted molar refractivity (Wildman–Crippen MR) is 63.6 cm³/mol. The highest BCUT2D eigenvalue weighted by molar-refractivity contribution is 6.36. The molecule has 0 amide bonds. The molecule has 1 aromatic carbocycles. The van der Waals surface area contributed by atoms with Crippen LogP contribution in [-0.4, -0.2) is 4.57 Å². The number of rotatable bonds is 1. The molecule has 16 heavy (non-hydrogen) atoms. The van der Waals surface area contributed by atoms with Crippen LogP contribution in [0.4, 0.5) is 0 Å². The minimum absolute atomic E-state index is 0.0159. The highest BCUT2D eigenvalue weighted by Crippen LogP contribution is 2.24. The number of aromatic nitrogens is 1. The van der Waals surface area contributed by atoms with Gasteiger partial charge in [-0.15, -0.1) is 0 Å². The summed E-state index contributed by atoms with van der Waals surface area (Å²) in [5.41, 5.74) is 0.454. The fourth-order valence-electron chi connectivity index (χ4n) is 1.78. The molecule has 2 rings (SSSR count). The van der Waals surface area contributed by atoms with Gasteiger partial charge in [0.05, 0.1) is 10.5 Å². The van der Waals surface area contributed by atoms with E-state index in [1.165, 1.54) is 0 Å². The van der Waals surface area contributed by atoms with Gasteiger partial charge in [0.2, 0.25) is 0 Å². The molecule has 0 spiro atoms. The largest absolute Gasteiger partial charge is 0.307 e. The first-order valence-corrected chi connectivity index (χ1v) is 5.29. The Kier molecular flexibility index (Phi) is 2.67. The third kappa shape index (κ3) is 1.39. The van der Waals surface area contributed by atoms with E-state index in [1.807, 2.05) is 37.3 Å². The Labute approximate surface area is 97.5 Å². The van der Waals surface area contributed by atoms with Crippen molar-refractivity contribution >= 4 is 22.5 Å². The van der Waals surface area contributed by atoms with Crippen LogP contribution in [0.25, 0.3) is 10.9 Å². The first-order chi connectivity index (χ1) is 7.70. The Morgan fingerprint density at radius 3 is 2.75 bits per heavy atom. The Morgan fingerprint density at radius 2 is 2.12 bits per heavy atom. The average molecular weight is 233 g/mol. The van der Waals surface area contributed by atoms with E-state index in [0.717, 1.165) is 10.9 Å². The lowest BCUT2D eigenvalue weighted by atomic mass is 10.1. The topological polar surface area (TPSA) is 45.8 Å². The molecule has 2 aromatic rings. The number of fused-ring (bicyclic) bond motifs is 1. The fraction of sp³-hybridized carbons (Fsp3) is 0.167. The van der Waals surface area contributed by atoms with Crippen LogP contribution in [0.3, 0.4) is 0 Å². The number of aryl methyl sites for hydroxylation is 1. The van der Waals surface area contributed by atoms with Gasteiger partial charge in [-0.25, -0.2) is 0 Å². The van der Waals surface area contributed by atoms with Crippen LogP contribution in [0.15, 0.2) is 29.1 Å². The minimum atomic E-state index is -0.325. The van der Waals surface area contributed by atoms with Crippen LogP contribution in [0.1, 0.15) is 12.5 Å². The summed E-state index contributed by atoms with van der Waals surface area (Å²) >= 11 is 6.04. The quantitative estimate of drug-likeness (QED) is 0.759. The number of halogens is 1. The summed E-state index contributed by atoms with van der Waals surface area (Å²) in [7, 11) is 0. The van der Waals surface area contributed by atoms with Gasteiger partial charge in [-0.3, -0.25) is 4.79 Å². The van der Waals surface area contributed by atoms with Gasteiger partial charge in [0.15, 0.2) is 0 Å². The molecule has 0 fully saturated rings. The molecule has 4 heteroatoms. The summed E-state index contributed by atoms with van der Waals surface area (Å²) in [6.45, 7) is 2.38. The minimum Gasteiger partial charge on any atom is -0.307 e. The maximum Gasteiger partial charge on any atom is 0.270 e. The van der Waals surface area contributed by atoms with E-state index in [-0.39, 0.29) is 16.1 Å². The van der Waals surface area contributed by atoms with Crippen molar-refractivity contribution in [3.8, 4) is 6.07 Å². The number of hydrogen-bond acceptors (Lipinski definition) is 2. The normalized spacial score (nSPS) is 10.3. The van der Waals surface area contributed by atoms with Crippen LogP contribution in [0, 0.1) is 11.3 Å². The van der Waals surface area contributed by atoms with Gasteiger partial charge < -0.3 is 4.57 Å². The third-order valence-corrected chi connectivity index (χ3v) is 2.93. The Hall–Kier alpha value is -1.79. The SMILES string of the molecule is CCn1c(=O)c(C#N)c(Cl)c2ccccc21. The van der Waals surface area contributed by atoms with Gasteiger partial charge in [-0.2, -0.15) is 5.26 Å². The van der Waals surface area contributed by atoms with Crippen molar-refractivity contribution in [2.24, 2.45) is 0 Å². The molecule has 0 bridgehead atoms. The van der Waals surface area contributed by atoms with Gasteiger partial charge in [0, 0.05) is 11.9 Å². The van der Waals surface area contributed by atoms with Gasteiger partial charge >= 0.3 is 0 Å². The van der Waals surface area contributed by atoms with Crippen molar-refractivity contribution in [3.63, 3.8) is 0 Å². The molecule has 1 heterocycles. The second kappa shape index (κ2) is 3.99. The Bertz CT molecular complexity index is 652. The number of pyridine rings is 1. The van der Waals surface area contributed by atoms with Crippen molar-refractivity contribution in [2.45, 2.75) is 13.5 Å². The zero-order valence-electron chi connectivity index (χ0n) is 8.70. The van der Waals surface area contributed by atoms with Crippen LogP contribution in [0.5, 0.6) is 0 Å². The van der Waals surface area contributed by atoms with Crippen molar-refractivity contribution in [1.29, 1.82) is 5.26 Å². The molecule has 0 atom stereocenters. The molecular formula is C12H9ClN2O. The number of nitriles is 1. The number of hydrogen-bond donors (Lipinski definition) is 0. The molecular weight excluding hydrogens is 224 g/mol. The molecule has 80 valence electrons. The van der Waals surface area contributed by atoms with E-state index in [0.29, 0.717) is 6.54 Å². The molecule has 0 unspecified atom stereocenters. The first kappa shape index (κ1) is 10.7. The van der Waals surface area contributed by atoms with Crippen molar-refractivity contribution in [2.75, 3.05) is 0 Å². The predicted octanol–water partition coefficient (Wildman–Crippen LogP) is 2.55. The number of nitrogens with zero attached hydrogens (tertiary/aromatic N) is 2. The lowest BCUT2D eigenvalue weighted by molar-refractivity contribution is 0.757. The van der Waals surface area contributed by atoms with Crippen molar-refractivity contribution in [1.82, 2.24) is 4.57 Å². The van der Waals surface area contributed by atoms with Crippen LogP contribution in [-0.2, 0) is 6.54 Å². The summed E-state index contributed by atoms with van der Waals surface area (Å²) in [5.74, 6) is 0. The average Bonchev–Trinajstić information content (AvgIpc) is 2.30. The first-order valence-electron chi connectivity index (χ1n) is 4.91. The van der Waals surface area contributed by atoms with Crippen molar-refractivity contribution < 1.29 is 0 Å². The van der Waals surface area contributed by atoms with Gasteiger partial charge in [-0.05, 0) is 13.0 Å². The smallest absolute Gasteiger partial charge is 0.270 e. The second-order valence-electron chi connectivity index (χ2n) is 3.37. The van der Waals surface area contributed by atoms with Crippen LogP contribution >= 0.6 is 11.6 Å². The Morgan fingerprint density at radius 1 is 1.44 bits per heavy atom. The molecule has 0 N–H and O–H groups in total. The van der Waals surface area contributed by atoms with E-state index >= 15 is 0 Å². The van der Waals surface area contributed by atoms with Gasteiger partial charge in [-0.1, -0.05) is 29.8 Å². The third-order valence-electron chi connectivity index (χ3n) is 2.54. The van der Waals surface area contributed by atoms with E-state index in [2.05, 4.69) is 0 Å². The molecule has 0 aliphatic rings. The molecule has 0 aliphatic heterocycles. The highest BCUT2D eigenvalue weighted by Gasteiger charge is 2.13. The summed E-state index contributed by atoms with van der Waals surface area (Å²) in [6.07, 6.45) is 0. The molecule has 0 saturated carbocycles. The zero-order valence-corrected chi connectivity index (χ0v) is 9.45. The highest BCUT2D eigenvalue weighted by atomic mass is 35.5. The van der Waals surface area contributed by atoms with Crippen LogP contribution in [0.2, 0.25) is 5.02 Å². The van der Waals surface area contributed by atoms with E-state index in [9.17, 15) is 4.79 Å². The Balaban J connectivity index is 3.08. The second-order valence-corrected chi connectivity index (χ2v) is 3.75. The van der Waals surface area contributed by atoms with Crippen LogP contribution < -0.4 is 5.56 Å². The zero-order chi connectivity index (χ0) is 11.7. The monoisotopic (exact) mass is 232 g/mol. The molecule has 0 radical (unpaired) electrons. The maximum atomic E-state index is 11.9. The van der Waals surface area contributed by atoms with E-state index < -0.39 is 0 Å². The molecule has 1 aromatic heterocycles. The van der Waals surface area contributed by atoms with Crippen molar-refractivity contribution in [3.05, 3.63) is 45.2 Å². The van der Waals surface area contributed by atoms with Gasteiger partial charge in [0.1, 0.15) is 11.6 Å². The van der Waals surface area contributed by atoms with Gasteiger partial charge in [0.25, 0.3) is 5.56 Å². The molecule has 0 aliphatic carbocycles. The van der Waals surface area contributed by atoms with E-state index in [4.69, 9.17) is 16.9 Å². The standard InChI is InChI=1S/C12H9ClN2O/c1-2-15-10-6-4-3-5-8(10)11(13)9(7-14)12(15)16/h3-6H,2H2,1H3. The summed E-state index contributed by atoms with van der Waals surface area (Å²) in [4.78, 5) is 11.9. The summed E-state index contributed by atoms with van der Waals surface area (Å²) < 4.78 is 1.56. The number of benzene rings is 1. The fourth-order valence-corrected chi connectivity index (χ4v) is 2.06. The summed E-state index contributed by atoms with van der Waals surface area (Å²) in [6, 6.07) is 9.18. The molecule has 3 nitrogen and oxygen atoms in total. The lowest BCUT2D eigenvalue weighted by Gasteiger charge is -2.09.